The topological polar surface area (TPSA) is 91.3 Å². The molecule has 23 heavy (non-hydrogen) atoms. The number of aliphatic carboxylic acids is 1. The Hall–Kier alpha value is -2.41. The quantitative estimate of drug-likeness (QED) is 0.692. The fraction of sp³-hybridized carbons (Fsp3) is 0.312. The van der Waals surface area contributed by atoms with Gasteiger partial charge in [0.15, 0.2) is 0 Å². The van der Waals surface area contributed by atoms with Crippen LogP contribution in [0.5, 0.6) is 0 Å². The first kappa shape index (κ1) is 17.0. The number of carbonyl (C=O) groups excluding carboxylic acids is 1. The second kappa shape index (κ2) is 8.89. The van der Waals surface area contributed by atoms with Gasteiger partial charge in [-0.25, -0.2) is 9.78 Å². The zero-order valence-corrected chi connectivity index (χ0v) is 13.4. The molecule has 122 valence electrons. The number of hydrogen-bond donors (Lipinski definition) is 3. The lowest BCUT2D eigenvalue weighted by Gasteiger charge is -2.18. The van der Waals surface area contributed by atoms with Crippen LogP contribution in [0.15, 0.2) is 41.9 Å². The number of benzene rings is 1. The van der Waals surface area contributed by atoms with E-state index < -0.39 is 5.97 Å². The van der Waals surface area contributed by atoms with Crippen molar-refractivity contribution in [2.75, 3.05) is 0 Å². The zero-order valence-electron chi connectivity index (χ0n) is 12.6. The van der Waals surface area contributed by atoms with Crippen LogP contribution in [0.2, 0.25) is 0 Å². The van der Waals surface area contributed by atoms with Crippen LogP contribution in [0, 0.1) is 0 Å². The molecule has 0 saturated carbocycles. The van der Waals surface area contributed by atoms with E-state index in [4.69, 9.17) is 5.11 Å². The summed E-state index contributed by atoms with van der Waals surface area (Å²) in [5.74, 6) is -0.868. The third-order valence-corrected chi connectivity index (χ3v) is 4.03. The maximum Gasteiger partial charge on any atom is 0.315 e. The standard InChI is InChI=1S/C16H19N3O3S/c20-15(21)7-6-13(10-12-4-2-1-3-5-12)19-16(22)18-11-14-17-8-9-23-14/h1-5,8-9,13H,6-7,10-11H2,(H,20,21)(H2,18,19,22). The smallest absolute Gasteiger partial charge is 0.315 e. The Balaban J connectivity index is 1.87. The van der Waals surface area contributed by atoms with Crippen LogP contribution in [0.1, 0.15) is 23.4 Å². The molecular formula is C16H19N3O3S. The SMILES string of the molecule is O=C(O)CCC(Cc1ccccc1)NC(=O)NCc1nccs1. The molecular weight excluding hydrogens is 314 g/mol. The molecule has 1 aromatic heterocycles. The van der Waals surface area contributed by atoms with Gasteiger partial charge in [0.1, 0.15) is 5.01 Å². The first-order valence-corrected chi connectivity index (χ1v) is 8.20. The van der Waals surface area contributed by atoms with Crippen molar-refractivity contribution < 1.29 is 14.7 Å². The normalized spacial score (nSPS) is 11.7. The molecule has 7 heteroatoms. The number of aromatic nitrogens is 1. The minimum absolute atomic E-state index is 0.0181. The van der Waals surface area contributed by atoms with Gasteiger partial charge in [-0.05, 0) is 18.4 Å². The third-order valence-electron chi connectivity index (χ3n) is 3.25. The fourth-order valence-electron chi connectivity index (χ4n) is 2.15. The van der Waals surface area contributed by atoms with Crippen LogP contribution in [-0.4, -0.2) is 28.1 Å². The summed E-state index contributed by atoms with van der Waals surface area (Å²) >= 11 is 1.47. The van der Waals surface area contributed by atoms with Gasteiger partial charge in [-0.15, -0.1) is 11.3 Å². The third kappa shape index (κ3) is 6.48. The Morgan fingerprint density at radius 1 is 1.26 bits per heavy atom. The summed E-state index contributed by atoms with van der Waals surface area (Å²) in [5.41, 5.74) is 1.06. The van der Waals surface area contributed by atoms with E-state index in [2.05, 4.69) is 15.6 Å². The van der Waals surface area contributed by atoms with Crippen LogP contribution >= 0.6 is 11.3 Å². The molecule has 0 aliphatic heterocycles. The van der Waals surface area contributed by atoms with Gasteiger partial charge in [0, 0.05) is 24.0 Å². The van der Waals surface area contributed by atoms with E-state index in [9.17, 15) is 9.59 Å². The molecule has 2 rings (SSSR count). The van der Waals surface area contributed by atoms with E-state index in [1.807, 2.05) is 35.7 Å². The summed E-state index contributed by atoms with van der Waals surface area (Å²) in [6.07, 6.45) is 2.68. The van der Waals surface area contributed by atoms with E-state index in [0.29, 0.717) is 19.4 Å². The molecule has 1 atom stereocenters. The molecule has 0 aliphatic carbocycles. The van der Waals surface area contributed by atoms with Gasteiger partial charge < -0.3 is 15.7 Å². The van der Waals surface area contributed by atoms with Gasteiger partial charge in [-0.2, -0.15) is 0 Å². The van der Waals surface area contributed by atoms with E-state index in [0.717, 1.165) is 10.6 Å². The summed E-state index contributed by atoms with van der Waals surface area (Å²) in [6, 6.07) is 9.14. The summed E-state index contributed by atoms with van der Waals surface area (Å²) in [6.45, 7) is 0.362. The Labute approximate surface area is 138 Å². The number of thiazole rings is 1. The highest BCUT2D eigenvalue weighted by atomic mass is 32.1. The first-order valence-electron chi connectivity index (χ1n) is 7.32. The highest BCUT2D eigenvalue weighted by molar-refractivity contribution is 7.09. The highest BCUT2D eigenvalue weighted by Crippen LogP contribution is 2.08. The molecule has 1 heterocycles. The lowest BCUT2D eigenvalue weighted by molar-refractivity contribution is -0.137. The lowest BCUT2D eigenvalue weighted by atomic mass is 10.0. The Morgan fingerprint density at radius 2 is 2.04 bits per heavy atom. The monoisotopic (exact) mass is 333 g/mol. The Morgan fingerprint density at radius 3 is 2.70 bits per heavy atom. The van der Waals surface area contributed by atoms with Gasteiger partial charge in [0.25, 0.3) is 0 Å². The number of rotatable bonds is 8. The van der Waals surface area contributed by atoms with Crippen molar-refractivity contribution in [1.82, 2.24) is 15.6 Å². The second-order valence-electron chi connectivity index (χ2n) is 5.07. The Bertz CT molecular complexity index is 617. The number of urea groups is 1. The van der Waals surface area contributed by atoms with Gasteiger partial charge in [-0.3, -0.25) is 4.79 Å². The van der Waals surface area contributed by atoms with Gasteiger partial charge in [0.2, 0.25) is 0 Å². The van der Waals surface area contributed by atoms with Crippen LogP contribution < -0.4 is 10.6 Å². The molecule has 0 saturated heterocycles. The molecule has 6 nitrogen and oxygen atoms in total. The fourth-order valence-corrected chi connectivity index (χ4v) is 2.71. The summed E-state index contributed by atoms with van der Waals surface area (Å²) < 4.78 is 0. The second-order valence-corrected chi connectivity index (χ2v) is 6.05. The Kier molecular flexibility index (Phi) is 6.56. The molecule has 2 aromatic rings. The predicted octanol–water partition coefficient (Wildman–Crippen LogP) is 2.42. The maximum atomic E-state index is 12.0. The number of carboxylic acids is 1. The van der Waals surface area contributed by atoms with Crippen LogP contribution in [0.4, 0.5) is 4.79 Å². The van der Waals surface area contributed by atoms with Gasteiger partial charge in [-0.1, -0.05) is 30.3 Å². The van der Waals surface area contributed by atoms with Crippen LogP contribution in [0.3, 0.4) is 0 Å². The number of amides is 2. The highest BCUT2D eigenvalue weighted by Gasteiger charge is 2.14. The van der Waals surface area contributed by atoms with Crippen LogP contribution in [-0.2, 0) is 17.8 Å². The number of nitrogens with zero attached hydrogens (tertiary/aromatic N) is 1. The summed E-state index contributed by atoms with van der Waals surface area (Å²) in [7, 11) is 0. The molecule has 1 unspecified atom stereocenters. The van der Waals surface area contributed by atoms with Crippen molar-refractivity contribution in [1.29, 1.82) is 0 Å². The molecule has 3 N–H and O–H groups in total. The van der Waals surface area contributed by atoms with E-state index in [1.165, 1.54) is 11.3 Å². The largest absolute Gasteiger partial charge is 0.481 e. The first-order chi connectivity index (χ1) is 11.1. The van der Waals surface area contributed by atoms with Gasteiger partial charge in [0.05, 0.1) is 6.54 Å². The summed E-state index contributed by atoms with van der Waals surface area (Å²) in [4.78, 5) is 26.9. The lowest BCUT2D eigenvalue weighted by Crippen LogP contribution is -2.43. The molecule has 0 aliphatic rings. The molecule has 1 aromatic carbocycles. The summed E-state index contributed by atoms with van der Waals surface area (Å²) in [5, 5.41) is 17.1. The zero-order chi connectivity index (χ0) is 16.5. The maximum absolute atomic E-state index is 12.0. The van der Waals surface area contributed by atoms with Crippen molar-refractivity contribution >= 4 is 23.3 Å². The van der Waals surface area contributed by atoms with E-state index >= 15 is 0 Å². The van der Waals surface area contributed by atoms with Crippen molar-refractivity contribution in [2.45, 2.75) is 31.8 Å². The molecule has 0 bridgehead atoms. The van der Waals surface area contributed by atoms with E-state index in [-0.39, 0.29) is 18.5 Å². The molecule has 2 amide bonds. The minimum Gasteiger partial charge on any atom is -0.481 e. The number of nitrogens with one attached hydrogen (secondary N) is 2. The van der Waals surface area contributed by atoms with E-state index in [1.54, 1.807) is 6.20 Å². The van der Waals surface area contributed by atoms with Crippen molar-refractivity contribution in [3.05, 3.63) is 52.5 Å². The predicted molar refractivity (Wildman–Crippen MR) is 88.3 cm³/mol. The molecule has 0 fully saturated rings. The van der Waals surface area contributed by atoms with Crippen molar-refractivity contribution in [3.63, 3.8) is 0 Å². The molecule has 0 radical (unpaired) electrons. The van der Waals surface area contributed by atoms with Crippen molar-refractivity contribution in [2.24, 2.45) is 0 Å². The average Bonchev–Trinajstić information content (AvgIpc) is 3.05. The average molecular weight is 333 g/mol. The molecule has 0 spiro atoms. The van der Waals surface area contributed by atoms with Crippen LogP contribution in [0.25, 0.3) is 0 Å². The van der Waals surface area contributed by atoms with Gasteiger partial charge >= 0.3 is 12.0 Å². The number of hydrogen-bond acceptors (Lipinski definition) is 4. The number of carboxylic acid groups (broad SMARTS) is 1. The number of carbonyl (C=O) groups is 2. The minimum atomic E-state index is -0.868. The van der Waals surface area contributed by atoms with Crippen molar-refractivity contribution in [3.8, 4) is 0 Å².